The molecule has 30 heavy (non-hydrogen) atoms. The van der Waals surface area contributed by atoms with Gasteiger partial charge in [-0.05, 0) is 31.4 Å². The number of likely N-dealkylation sites (tertiary alicyclic amines) is 1. The topological polar surface area (TPSA) is 142 Å². The van der Waals surface area contributed by atoms with Gasteiger partial charge in [0.05, 0.1) is 17.7 Å². The highest BCUT2D eigenvalue weighted by Crippen LogP contribution is 2.32. The van der Waals surface area contributed by atoms with E-state index in [9.17, 15) is 24.0 Å². The van der Waals surface area contributed by atoms with E-state index in [0.29, 0.717) is 18.8 Å². The quantitative estimate of drug-likeness (QED) is 0.562. The lowest BCUT2D eigenvalue weighted by Gasteiger charge is -2.31. The molecule has 0 spiro atoms. The van der Waals surface area contributed by atoms with E-state index in [-0.39, 0.29) is 42.5 Å². The molecule has 4 rings (SSSR count). The predicted octanol–water partition coefficient (Wildman–Crippen LogP) is -0.551. The van der Waals surface area contributed by atoms with Crippen LogP contribution in [-0.2, 0) is 14.4 Å². The first-order valence-electron chi connectivity index (χ1n) is 9.98. The fourth-order valence-corrected chi connectivity index (χ4v) is 4.18. The van der Waals surface area contributed by atoms with Crippen molar-refractivity contribution in [2.45, 2.75) is 37.8 Å². The number of nitrogens with two attached hydrogens (primary N) is 1. The number of carbonyl (C=O) groups excluding carboxylic acids is 5. The van der Waals surface area contributed by atoms with Gasteiger partial charge in [0.2, 0.25) is 17.7 Å². The van der Waals surface area contributed by atoms with Crippen molar-refractivity contribution in [3.8, 4) is 0 Å². The summed E-state index contributed by atoms with van der Waals surface area (Å²) < 4.78 is 0. The van der Waals surface area contributed by atoms with Crippen LogP contribution in [0.2, 0.25) is 0 Å². The standard InChI is InChI=1S/C20H23N5O5/c21-11-3-2-8-24(10-11)16(27)9-22-13-5-1-4-12-17(13)20(30)25(19(12)29)14-6-7-15(26)23-18(14)28/h1,4-5,11,14,22H,2-3,6-10,21H2,(H,23,26,28)/t11-,14?/m0/s1. The van der Waals surface area contributed by atoms with E-state index in [2.05, 4.69) is 10.6 Å². The Balaban J connectivity index is 1.51. The number of amides is 5. The van der Waals surface area contributed by atoms with Gasteiger partial charge in [-0.25, -0.2) is 0 Å². The van der Waals surface area contributed by atoms with E-state index in [1.807, 2.05) is 0 Å². The molecule has 0 saturated carbocycles. The van der Waals surface area contributed by atoms with Gasteiger partial charge in [-0.3, -0.25) is 34.2 Å². The smallest absolute Gasteiger partial charge is 0.264 e. The molecule has 0 bridgehead atoms. The number of rotatable bonds is 4. The summed E-state index contributed by atoms with van der Waals surface area (Å²) in [5, 5.41) is 5.13. The minimum atomic E-state index is -1.03. The second kappa shape index (κ2) is 7.86. The van der Waals surface area contributed by atoms with E-state index in [1.54, 1.807) is 17.0 Å². The average Bonchev–Trinajstić information content (AvgIpc) is 2.97. The van der Waals surface area contributed by atoms with Crippen molar-refractivity contribution in [2.75, 3.05) is 25.0 Å². The Morgan fingerprint density at radius 2 is 1.97 bits per heavy atom. The van der Waals surface area contributed by atoms with Crippen LogP contribution in [0.25, 0.3) is 0 Å². The number of carbonyl (C=O) groups is 5. The Kier molecular flexibility index (Phi) is 5.25. The van der Waals surface area contributed by atoms with E-state index in [4.69, 9.17) is 5.73 Å². The van der Waals surface area contributed by atoms with Crippen molar-refractivity contribution < 1.29 is 24.0 Å². The van der Waals surface area contributed by atoms with Crippen molar-refractivity contribution in [3.05, 3.63) is 29.3 Å². The SMILES string of the molecule is N[C@H]1CCCN(C(=O)CNc2cccc3c2C(=O)N(C2CCC(=O)NC2=O)C3=O)C1. The third kappa shape index (κ3) is 3.54. The van der Waals surface area contributed by atoms with Gasteiger partial charge in [0.25, 0.3) is 11.8 Å². The largest absolute Gasteiger partial charge is 0.375 e. The molecule has 3 heterocycles. The first kappa shape index (κ1) is 20.0. The van der Waals surface area contributed by atoms with Crippen LogP contribution in [0.15, 0.2) is 18.2 Å². The fraction of sp³-hybridized carbons (Fsp3) is 0.450. The first-order chi connectivity index (χ1) is 14.4. The van der Waals surface area contributed by atoms with Crippen LogP contribution < -0.4 is 16.4 Å². The van der Waals surface area contributed by atoms with Crippen LogP contribution in [0.1, 0.15) is 46.4 Å². The number of nitrogens with one attached hydrogen (secondary N) is 2. The highest BCUT2D eigenvalue weighted by Gasteiger charge is 2.45. The van der Waals surface area contributed by atoms with Crippen LogP contribution >= 0.6 is 0 Å². The second-order valence-electron chi connectivity index (χ2n) is 7.77. The molecule has 1 aromatic carbocycles. The van der Waals surface area contributed by atoms with E-state index in [1.165, 1.54) is 6.07 Å². The highest BCUT2D eigenvalue weighted by molar-refractivity contribution is 6.25. The molecule has 3 aliphatic rings. The maximum atomic E-state index is 13.0. The second-order valence-corrected chi connectivity index (χ2v) is 7.77. The Labute approximate surface area is 172 Å². The maximum absolute atomic E-state index is 13.0. The highest BCUT2D eigenvalue weighted by atomic mass is 16.2. The van der Waals surface area contributed by atoms with Crippen LogP contribution in [0.4, 0.5) is 5.69 Å². The Hall–Kier alpha value is -3.27. The molecule has 0 radical (unpaired) electrons. The number of imide groups is 2. The zero-order valence-electron chi connectivity index (χ0n) is 16.3. The summed E-state index contributed by atoms with van der Waals surface area (Å²) >= 11 is 0. The van der Waals surface area contributed by atoms with Gasteiger partial charge >= 0.3 is 0 Å². The molecule has 1 aromatic rings. The molecule has 2 fully saturated rings. The summed E-state index contributed by atoms with van der Waals surface area (Å²) in [5.74, 6) is -2.42. The zero-order chi connectivity index (χ0) is 21.4. The van der Waals surface area contributed by atoms with E-state index < -0.39 is 29.7 Å². The van der Waals surface area contributed by atoms with Crippen molar-refractivity contribution in [2.24, 2.45) is 5.73 Å². The maximum Gasteiger partial charge on any atom is 0.264 e. The Morgan fingerprint density at radius 3 is 2.70 bits per heavy atom. The summed E-state index contributed by atoms with van der Waals surface area (Å²) in [6.45, 7) is 1.10. The molecule has 0 aliphatic carbocycles. The lowest BCUT2D eigenvalue weighted by Crippen LogP contribution is -2.54. The van der Waals surface area contributed by atoms with E-state index in [0.717, 1.165) is 17.7 Å². The number of nitrogens with zero attached hydrogens (tertiary/aromatic N) is 2. The first-order valence-corrected chi connectivity index (χ1v) is 9.98. The number of hydrogen-bond donors (Lipinski definition) is 3. The molecule has 5 amide bonds. The van der Waals surface area contributed by atoms with Crippen molar-refractivity contribution in [1.82, 2.24) is 15.1 Å². The van der Waals surface area contributed by atoms with Gasteiger partial charge in [0.1, 0.15) is 6.04 Å². The Bertz CT molecular complexity index is 946. The summed E-state index contributed by atoms with van der Waals surface area (Å²) in [4.78, 5) is 64.5. The van der Waals surface area contributed by atoms with Crippen LogP contribution in [0, 0.1) is 0 Å². The zero-order valence-corrected chi connectivity index (χ0v) is 16.3. The molecule has 1 unspecified atom stereocenters. The minimum absolute atomic E-state index is 0.0371. The molecule has 3 aliphatic heterocycles. The van der Waals surface area contributed by atoms with Crippen LogP contribution in [-0.4, -0.2) is 71.1 Å². The monoisotopic (exact) mass is 413 g/mol. The summed E-state index contributed by atoms with van der Waals surface area (Å²) in [6.07, 6.45) is 1.88. The summed E-state index contributed by atoms with van der Waals surface area (Å²) in [6, 6.07) is 3.68. The van der Waals surface area contributed by atoms with Gasteiger partial charge in [0.15, 0.2) is 0 Å². The third-order valence-corrected chi connectivity index (χ3v) is 5.71. The molecular formula is C20H23N5O5. The normalized spacial score (nSPS) is 24.0. The van der Waals surface area contributed by atoms with Crippen molar-refractivity contribution >= 4 is 35.2 Å². The molecule has 2 atom stereocenters. The van der Waals surface area contributed by atoms with Gasteiger partial charge in [-0.15, -0.1) is 0 Å². The number of fused-ring (bicyclic) bond motifs is 1. The lowest BCUT2D eigenvalue weighted by molar-refractivity contribution is -0.136. The number of piperidine rings is 2. The molecular weight excluding hydrogens is 390 g/mol. The van der Waals surface area contributed by atoms with Gasteiger partial charge in [-0.2, -0.15) is 0 Å². The van der Waals surface area contributed by atoms with Crippen molar-refractivity contribution in [3.63, 3.8) is 0 Å². The van der Waals surface area contributed by atoms with Gasteiger partial charge in [-0.1, -0.05) is 6.07 Å². The van der Waals surface area contributed by atoms with Gasteiger partial charge in [0, 0.05) is 31.2 Å². The summed E-state index contributed by atoms with van der Waals surface area (Å²) in [5.41, 5.74) is 6.59. The Morgan fingerprint density at radius 1 is 1.17 bits per heavy atom. The summed E-state index contributed by atoms with van der Waals surface area (Å²) in [7, 11) is 0. The van der Waals surface area contributed by atoms with Crippen LogP contribution in [0.5, 0.6) is 0 Å². The molecule has 10 heteroatoms. The molecule has 10 nitrogen and oxygen atoms in total. The van der Waals surface area contributed by atoms with Crippen molar-refractivity contribution in [1.29, 1.82) is 0 Å². The molecule has 158 valence electrons. The van der Waals surface area contributed by atoms with E-state index >= 15 is 0 Å². The third-order valence-electron chi connectivity index (χ3n) is 5.71. The fourth-order valence-electron chi connectivity index (χ4n) is 4.18. The number of anilines is 1. The average molecular weight is 413 g/mol. The minimum Gasteiger partial charge on any atom is -0.375 e. The number of benzene rings is 1. The molecule has 4 N–H and O–H groups in total. The van der Waals surface area contributed by atoms with Crippen LogP contribution in [0.3, 0.4) is 0 Å². The predicted molar refractivity (Wildman–Crippen MR) is 105 cm³/mol. The lowest BCUT2D eigenvalue weighted by atomic mass is 10.0. The molecule has 0 aromatic heterocycles. The van der Waals surface area contributed by atoms with Gasteiger partial charge < -0.3 is 16.0 Å². The number of hydrogen-bond acceptors (Lipinski definition) is 7. The molecule has 2 saturated heterocycles.